The molecule has 0 radical (unpaired) electrons. The van der Waals surface area contributed by atoms with Gasteiger partial charge in [-0.25, -0.2) is 5.06 Å². The Kier molecular flexibility index (Phi) is 1.70. The van der Waals surface area contributed by atoms with Gasteiger partial charge in [0.15, 0.2) is 0 Å². The lowest BCUT2D eigenvalue weighted by Gasteiger charge is -2.31. The zero-order valence-electron chi connectivity index (χ0n) is 7.58. The van der Waals surface area contributed by atoms with Crippen LogP contribution in [0.1, 0.15) is 6.92 Å². The molecule has 1 unspecified atom stereocenters. The van der Waals surface area contributed by atoms with E-state index in [1.165, 1.54) is 6.92 Å². The summed E-state index contributed by atoms with van der Waals surface area (Å²) in [4.78, 5) is 0.419. The first kappa shape index (κ1) is 8.92. The molecule has 3 N–H and O–H groups in total. The second-order valence-electron chi connectivity index (χ2n) is 3.27. The number of anilines is 1. The van der Waals surface area contributed by atoms with E-state index in [1.54, 1.807) is 24.3 Å². The van der Waals surface area contributed by atoms with Crippen LogP contribution in [0.4, 0.5) is 11.4 Å². The molecule has 1 heterocycles. The van der Waals surface area contributed by atoms with Gasteiger partial charge in [0, 0.05) is 18.1 Å². The van der Waals surface area contributed by atoms with Crippen molar-refractivity contribution >= 4 is 11.4 Å². The van der Waals surface area contributed by atoms with Crippen molar-refractivity contribution in [1.29, 1.82) is 0 Å². The van der Waals surface area contributed by atoms with Gasteiger partial charge >= 0.3 is 0 Å². The van der Waals surface area contributed by atoms with E-state index in [0.29, 0.717) is 10.5 Å². The monoisotopic (exact) mass is 194 g/mol. The van der Waals surface area contributed by atoms with Gasteiger partial charge in [0.2, 0.25) is 0 Å². The van der Waals surface area contributed by atoms with Gasteiger partial charge in [0.05, 0.1) is 0 Å². The van der Waals surface area contributed by atoms with Crippen molar-refractivity contribution in [3.8, 4) is 0 Å². The van der Waals surface area contributed by atoms with Crippen LogP contribution in [0.3, 0.4) is 0 Å². The summed E-state index contributed by atoms with van der Waals surface area (Å²) < 4.78 is 0. The Morgan fingerprint density at radius 3 is 2.93 bits per heavy atom. The Balaban J connectivity index is 2.63. The first-order valence-corrected chi connectivity index (χ1v) is 4.09. The van der Waals surface area contributed by atoms with Crippen molar-refractivity contribution in [2.75, 3.05) is 5.06 Å². The van der Waals surface area contributed by atoms with E-state index in [9.17, 15) is 10.4 Å². The van der Waals surface area contributed by atoms with Gasteiger partial charge in [-0.1, -0.05) is 12.1 Å². The van der Waals surface area contributed by atoms with Crippen molar-refractivity contribution in [3.63, 3.8) is 0 Å². The maximum absolute atomic E-state index is 11.4. The highest BCUT2D eigenvalue weighted by atomic mass is 16.5. The predicted octanol–water partition coefficient (Wildman–Crippen LogP) is 1.12. The molecule has 0 bridgehead atoms. The number of nitrogens with two attached hydrogens (primary N) is 1. The van der Waals surface area contributed by atoms with Crippen molar-refractivity contribution in [2.45, 2.75) is 12.7 Å². The molecule has 1 aliphatic heterocycles. The minimum absolute atomic E-state index is 0.276. The van der Waals surface area contributed by atoms with Crippen LogP contribution in [-0.2, 0) is 0 Å². The van der Waals surface area contributed by atoms with Crippen LogP contribution < -0.4 is 10.8 Å². The number of rotatable bonds is 0. The van der Waals surface area contributed by atoms with E-state index in [1.807, 2.05) is 0 Å². The maximum atomic E-state index is 11.4. The molecule has 6 nitrogen and oxygen atoms in total. The minimum Gasteiger partial charge on any atom is -0.594 e. The highest BCUT2D eigenvalue weighted by molar-refractivity contribution is 5.62. The number of azo groups is 1. The third-order valence-electron chi connectivity index (χ3n) is 2.04. The molecule has 1 atom stereocenters. The molecule has 0 fully saturated rings. The molecule has 0 amide bonds. The first-order chi connectivity index (χ1) is 6.52. The Morgan fingerprint density at radius 2 is 2.21 bits per heavy atom. The average Bonchev–Trinajstić information content (AvgIpc) is 2.14. The summed E-state index contributed by atoms with van der Waals surface area (Å²) in [5, 5.41) is 25.4. The summed E-state index contributed by atoms with van der Waals surface area (Å²) in [6, 6.07) is 6.55. The van der Waals surface area contributed by atoms with Gasteiger partial charge in [-0.2, -0.15) is 0 Å². The molecule has 1 aromatic carbocycles. The lowest BCUT2D eigenvalue weighted by Crippen LogP contribution is -2.53. The van der Waals surface area contributed by atoms with Crippen LogP contribution in [0.25, 0.3) is 0 Å². The SMILES string of the molecule is CC1(N)N=[N+]([O-])c2ccccc2N1O. The lowest BCUT2D eigenvalue weighted by atomic mass is 10.2. The van der Waals surface area contributed by atoms with Crippen LogP contribution in [-0.4, -0.2) is 15.9 Å². The number of para-hydroxylation sites is 2. The molecule has 6 heteroatoms. The molecule has 2 rings (SSSR count). The van der Waals surface area contributed by atoms with Gasteiger partial charge in [-0.15, -0.1) is 0 Å². The van der Waals surface area contributed by atoms with Gasteiger partial charge in [-0.05, 0) is 10.9 Å². The lowest BCUT2D eigenvalue weighted by molar-refractivity contribution is -0.455. The largest absolute Gasteiger partial charge is 0.594 e. The smallest absolute Gasteiger partial charge is 0.270 e. The number of fused-ring (bicyclic) bond motifs is 1. The second-order valence-corrected chi connectivity index (χ2v) is 3.27. The Labute approximate surface area is 80.4 Å². The molecule has 0 aromatic heterocycles. The summed E-state index contributed by atoms with van der Waals surface area (Å²) in [5.74, 6) is -1.42. The van der Waals surface area contributed by atoms with E-state index >= 15 is 0 Å². The fourth-order valence-corrected chi connectivity index (χ4v) is 1.33. The number of nitrogens with zero attached hydrogens (tertiary/aromatic N) is 3. The first-order valence-electron chi connectivity index (χ1n) is 4.09. The van der Waals surface area contributed by atoms with Crippen LogP contribution >= 0.6 is 0 Å². The number of hydrogen-bond acceptors (Lipinski definition) is 5. The molecular formula is C8H10N4O2. The Bertz CT molecular complexity index is 402. The molecule has 0 saturated carbocycles. The van der Waals surface area contributed by atoms with E-state index in [2.05, 4.69) is 5.11 Å². The fraction of sp³-hybridized carbons (Fsp3) is 0.250. The molecule has 0 aliphatic carbocycles. The zero-order valence-corrected chi connectivity index (χ0v) is 7.58. The van der Waals surface area contributed by atoms with Crippen molar-refractivity contribution in [1.82, 2.24) is 0 Å². The van der Waals surface area contributed by atoms with Crippen molar-refractivity contribution in [3.05, 3.63) is 29.5 Å². The van der Waals surface area contributed by atoms with Gasteiger partial charge in [-0.3, -0.25) is 10.9 Å². The van der Waals surface area contributed by atoms with Crippen LogP contribution in [0.5, 0.6) is 0 Å². The third-order valence-corrected chi connectivity index (χ3v) is 2.04. The summed E-state index contributed by atoms with van der Waals surface area (Å²) in [7, 11) is 0. The van der Waals surface area contributed by atoms with Crippen LogP contribution in [0.2, 0.25) is 0 Å². The summed E-state index contributed by atoms with van der Waals surface area (Å²) >= 11 is 0. The maximum Gasteiger partial charge on any atom is 0.270 e. The molecule has 0 spiro atoms. The highest BCUT2D eigenvalue weighted by Crippen LogP contribution is 2.34. The van der Waals surface area contributed by atoms with E-state index in [0.717, 1.165) is 5.06 Å². The number of benzene rings is 1. The standard InChI is InChI=1S/C8H10N4O2/c1-8(9)10-12(14)7-5-3-2-4-6(7)11(8)13/h2-5,13H,9H2,1H3. The van der Waals surface area contributed by atoms with Gasteiger partial charge < -0.3 is 5.21 Å². The minimum atomic E-state index is -1.42. The quantitative estimate of drug-likeness (QED) is 0.478. The number of hydroxylamine groups is 1. The van der Waals surface area contributed by atoms with Gasteiger partial charge in [0.25, 0.3) is 11.5 Å². The van der Waals surface area contributed by atoms with Gasteiger partial charge in [0.1, 0.15) is 5.69 Å². The van der Waals surface area contributed by atoms with E-state index in [4.69, 9.17) is 5.73 Å². The normalized spacial score (nSPS) is 25.6. The molecule has 1 aliphatic rings. The predicted molar refractivity (Wildman–Crippen MR) is 49.0 cm³/mol. The zero-order chi connectivity index (χ0) is 10.3. The van der Waals surface area contributed by atoms with Crippen LogP contribution in [0.15, 0.2) is 29.4 Å². The summed E-state index contributed by atoms with van der Waals surface area (Å²) in [6.07, 6.45) is 0. The Hall–Kier alpha value is -1.66. The van der Waals surface area contributed by atoms with Crippen molar-refractivity contribution < 1.29 is 10.1 Å². The average molecular weight is 194 g/mol. The summed E-state index contributed by atoms with van der Waals surface area (Å²) in [6.45, 7) is 1.44. The van der Waals surface area contributed by atoms with E-state index in [-0.39, 0.29) is 5.69 Å². The van der Waals surface area contributed by atoms with E-state index < -0.39 is 5.79 Å². The molecule has 74 valence electrons. The fourth-order valence-electron chi connectivity index (χ4n) is 1.33. The molecule has 1 aromatic rings. The van der Waals surface area contributed by atoms with Crippen molar-refractivity contribution in [2.24, 2.45) is 10.8 Å². The molecular weight excluding hydrogens is 184 g/mol. The molecule has 14 heavy (non-hydrogen) atoms. The molecule has 0 saturated heterocycles. The summed E-state index contributed by atoms with van der Waals surface area (Å²) in [5.41, 5.74) is 6.22. The number of hydrogen-bond donors (Lipinski definition) is 2. The topological polar surface area (TPSA) is 87.9 Å². The van der Waals surface area contributed by atoms with Crippen LogP contribution in [0, 0.1) is 5.21 Å². The second kappa shape index (κ2) is 2.66. The highest BCUT2D eigenvalue weighted by Gasteiger charge is 2.38. The Morgan fingerprint density at radius 1 is 1.57 bits per heavy atom. The third kappa shape index (κ3) is 1.12.